The molecule has 1 heterocycles. The molecule has 1 saturated heterocycles. The number of rotatable bonds is 2. The highest BCUT2D eigenvalue weighted by Gasteiger charge is 2.49. The van der Waals surface area contributed by atoms with E-state index in [0.29, 0.717) is 18.4 Å². The lowest BCUT2D eigenvalue weighted by atomic mass is 9.87. The van der Waals surface area contributed by atoms with Gasteiger partial charge in [0.1, 0.15) is 5.76 Å². The zero-order valence-corrected chi connectivity index (χ0v) is 14.5. The lowest BCUT2D eigenvalue weighted by Gasteiger charge is -2.28. The largest absolute Gasteiger partial charge is 0.477 e. The maximum atomic E-state index is 13.8. The molecule has 0 spiro atoms. The lowest BCUT2D eigenvalue weighted by Crippen LogP contribution is -2.37. The molecule has 3 aliphatic carbocycles. The number of alkyl halides is 6. The van der Waals surface area contributed by atoms with Crippen molar-refractivity contribution in [2.75, 3.05) is 0 Å². The van der Waals surface area contributed by atoms with Crippen LogP contribution in [0.2, 0.25) is 0 Å². The number of halogens is 6. The summed E-state index contributed by atoms with van der Waals surface area (Å²) in [4.78, 5) is 0. The summed E-state index contributed by atoms with van der Waals surface area (Å²) in [7, 11) is 0. The molecule has 8 heteroatoms. The quantitative estimate of drug-likeness (QED) is 0.502. The van der Waals surface area contributed by atoms with Crippen molar-refractivity contribution in [2.24, 2.45) is 17.8 Å². The van der Waals surface area contributed by atoms with Gasteiger partial charge in [0, 0.05) is 5.92 Å². The average molecular weight is 393 g/mol. The molecule has 0 aromatic carbocycles. The third-order valence-corrected chi connectivity index (χ3v) is 5.80. The number of nitrogens with one attached hydrogen (secondary N) is 1. The molecular formula is C19H21F6NO. The standard InChI is InChI=1S/C19H21F6NO/c20-18(21,22)12-8-6-11(7-9-12)17-26-14-3-1-2-13(10-4-5-10)15(16(14)27-17)19(23,24)25/h2,6,8,10-12,14,17,26H,1,3-5,7,9H2. The maximum Gasteiger partial charge on any atom is 0.419 e. The fraction of sp³-hybridized carbons (Fsp3) is 0.684. The SMILES string of the molecule is FC(F)(F)C1=C2OC(C3C=CC(C(F)(F)F)CC3)NC2CCC=C1C1CC1. The summed E-state index contributed by atoms with van der Waals surface area (Å²) in [6.07, 6.45) is -2.60. The van der Waals surface area contributed by atoms with Gasteiger partial charge in [0.05, 0.1) is 17.5 Å². The minimum absolute atomic E-state index is 0.0577. The molecular weight excluding hydrogens is 372 g/mol. The Kier molecular flexibility index (Phi) is 4.60. The van der Waals surface area contributed by atoms with Gasteiger partial charge < -0.3 is 4.74 Å². The normalized spacial score (nSPS) is 34.8. The van der Waals surface area contributed by atoms with E-state index < -0.39 is 36.1 Å². The predicted octanol–water partition coefficient (Wildman–Crippen LogP) is 5.39. The van der Waals surface area contributed by atoms with Gasteiger partial charge in [-0.15, -0.1) is 0 Å². The molecule has 150 valence electrons. The van der Waals surface area contributed by atoms with Gasteiger partial charge >= 0.3 is 12.4 Å². The van der Waals surface area contributed by atoms with Gasteiger partial charge in [-0.05, 0) is 50.0 Å². The van der Waals surface area contributed by atoms with Crippen LogP contribution in [0.3, 0.4) is 0 Å². The number of allylic oxidation sites excluding steroid dienone is 4. The van der Waals surface area contributed by atoms with Gasteiger partial charge in [-0.3, -0.25) is 5.32 Å². The van der Waals surface area contributed by atoms with Crippen molar-refractivity contribution in [2.45, 2.75) is 63.1 Å². The number of fused-ring (bicyclic) bond motifs is 1. The number of hydrogen-bond acceptors (Lipinski definition) is 2. The van der Waals surface area contributed by atoms with E-state index in [-0.39, 0.29) is 30.4 Å². The number of ether oxygens (including phenoxy) is 1. The zero-order chi connectivity index (χ0) is 19.4. The molecule has 0 aromatic rings. The first-order valence-electron chi connectivity index (χ1n) is 9.34. The topological polar surface area (TPSA) is 21.3 Å². The Morgan fingerprint density at radius 1 is 0.926 bits per heavy atom. The van der Waals surface area contributed by atoms with Crippen LogP contribution in [0.5, 0.6) is 0 Å². The van der Waals surface area contributed by atoms with Crippen LogP contribution in [-0.2, 0) is 4.74 Å². The average Bonchev–Trinajstić information content (AvgIpc) is 3.36. The van der Waals surface area contributed by atoms with Crippen molar-refractivity contribution >= 4 is 0 Å². The third kappa shape index (κ3) is 3.77. The highest BCUT2D eigenvalue weighted by Crippen LogP contribution is 2.49. The molecule has 4 unspecified atom stereocenters. The van der Waals surface area contributed by atoms with Crippen molar-refractivity contribution in [3.63, 3.8) is 0 Å². The molecule has 1 saturated carbocycles. The molecule has 1 N–H and O–H groups in total. The molecule has 2 nitrogen and oxygen atoms in total. The molecule has 0 aromatic heterocycles. The van der Waals surface area contributed by atoms with E-state index in [4.69, 9.17) is 4.74 Å². The van der Waals surface area contributed by atoms with Gasteiger partial charge in [0.25, 0.3) is 0 Å². The van der Waals surface area contributed by atoms with Crippen molar-refractivity contribution in [1.29, 1.82) is 0 Å². The Balaban J connectivity index is 1.58. The summed E-state index contributed by atoms with van der Waals surface area (Å²) in [6, 6.07) is -0.548. The molecule has 2 fully saturated rings. The van der Waals surface area contributed by atoms with Crippen molar-refractivity contribution in [1.82, 2.24) is 5.32 Å². The van der Waals surface area contributed by atoms with Crippen LogP contribution in [0.15, 0.2) is 35.1 Å². The van der Waals surface area contributed by atoms with E-state index in [0.717, 1.165) is 18.9 Å². The molecule has 0 radical (unpaired) electrons. The zero-order valence-electron chi connectivity index (χ0n) is 14.5. The van der Waals surface area contributed by atoms with E-state index in [1.165, 1.54) is 6.08 Å². The molecule has 4 aliphatic rings. The second kappa shape index (κ2) is 6.57. The van der Waals surface area contributed by atoms with E-state index in [1.54, 1.807) is 6.08 Å². The molecule has 27 heavy (non-hydrogen) atoms. The summed E-state index contributed by atoms with van der Waals surface area (Å²) >= 11 is 0. The summed E-state index contributed by atoms with van der Waals surface area (Å²) < 4.78 is 85.5. The smallest absolute Gasteiger partial charge is 0.419 e. The van der Waals surface area contributed by atoms with Crippen LogP contribution in [0.4, 0.5) is 26.3 Å². The van der Waals surface area contributed by atoms with Crippen LogP contribution < -0.4 is 5.32 Å². The first-order valence-corrected chi connectivity index (χ1v) is 9.34. The Morgan fingerprint density at radius 2 is 1.67 bits per heavy atom. The molecule has 1 aliphatic heterocycles. The van der Waals surface area contributed by atoms with Crippen molar-refractivity contribution in [3.8, 4) is 0 Å². The fourth-order valence-electron chi connectivity index (χ4n) is 4.27. The Hall–Kier alpha value is -1.44. The van der Waals surface area contributed by atoms with Gasteiger partial charge in [-0.1, -0.05) is 18.2 Å². The first kappa shape index (κ1) is 18.9. The van der Waals surface area contributed by atoms with E-state index in [9.17, 15) is 26.3 Å². The summed E-state index contributed by atoms with van der Waals surface area (Å²) in [5.74, 6) is -1.99. The summed E-state index contributed by atoms with van der Waals surface area (Å²) in [5.41, 5.74) is -0.339. The van der Waals surface area contributed by atoms with E-state index in [1.807, 2.05) is 0 Å². The minimum atomic E-state index is -4.51. The minimum Gasteiger partial charge on any atom is -0.477 e. The second-order valence-corrected chi connectivity index (χ2v) is 7.78. The summed E-state index contributed by atoms with van der Waals surface area (Å²) in [5, 5.41) is 3.09. The fourth-order valence-corrected chi connectivity index (χ4v) is 4.27. The van der Waals surface area contributed by atoms with Crippen LogP contribution >= 0.6 is 0 Å². The highest BCUT2D eigenvalue weighted by atomic mass is 19.4. The predicted molar refractivity (Wildman–Crippen MR) is 86.3 cm³/mol. The maximum absolute atomic E-state index is 13.8. The van der Waals surface area contributed by atoms with Crippen LogP contribution in [0, 0.1) is 17.8 Å². The number of hydrogen-bond donors (Lipinski definition) is 1. The van der Waals surface area contributed by atoms with Crippen LogP contribution in [0.25, 0.3) is 0 Å². The molecule has 4 rings (SSSR count). The monoisotopic (exact) mass is 393 g/mol. The van der Waals surface area contributed by atoms with Crippen molar-refractivity contribution < 1.29 is 31.1 Å². The van der Waals surface area contributed by atoms with E-state index >= 15 is 0 Å². The molecule has 0 bridgehead atoms. The Bertz CT molecular complexity index is 685. The third-order valence-electron chi connectivity index (χ3n) is 5.80. The second-order valence-electron chi connectivity index (χ2n) is 7.78. The molecule has 4 atom stereocenters. The molecule has 0 amide bonds. The van der Waals surface area contributed by atoms with Crippen LogP contribution in [0.1, 0.15) is 38.5 Å². The highest BCUT2D eigenvalue weighted by molar-refractivity contribution is 5.44. The van der Waals surface area contributed by atoms with E-state index in [2.05, 4.69) is 5.32 Å². The first-order chi connectivity index (χ1) is 12.6. The lowest BCUT2D eigenvalue weighted by molar-refractivity contribution is -0.165. The van der Waals surface area contributed by atoms with Gasteiger partial charge in [0.15, 0.2) is 6.23 Å². The van der Waals surface area contributed by atoms with Crippen LogP contribution in [-0.4, -0.2) is 24.6 Å². The van der Waals surface area contributed by atoms with Gasteiger partial charge in [-0.25, -0.2) is 0 Å². The van der Waals surface area contributed by atoms with Crippen molar-refractivity contribution in [3.05, 3.63) is 35.1 Å². The Morgan fingerprint density at radius 3 is 2.22 bits per heavy atom. The Labute approximate surface area is 153 Å². The van der Waals surface area contributed by atoms with Gasteiger partial charge in [0.2, 0.25) is 0 Å². The van der Waals surface area contributed by atoms with Gasteiger partial charge in [-0.2, -0.15) is 26.3 Å². The summed E-state index contributed by atoms with van der Waals surface area (Å²) in [6.45, 7) is 0.